The van der Waals surface area contributed by atoms with Crippen LogP contribution in [0.25, 0.3) is 0 Å². The van der Waals surface area contributed by atoms with E-state index in [1.807, 2.05) is 0 Å². The fourth-order valence-electron chi connectivity index (χ4n) is 2.35. The van der Waals surface area contributed by atoms with E-state index in [4.69, 9.17) is 0 Å². The summed E-state index contributed by atoms with van der Waals surface area (Å²) in [7, 11) is 0. The molecule has 2 bridgehead atoms. The van der Waals surface area contributed by atoms with Crippen LogP contribution in [0.3, 0.4) is 0 Å². The van der Waals surface area contributed by atoms with Gasteiger partial charge in [-0.25, -0.2) is 0 Å². The van der Waals surface area contributed by atoms with Crippen LogP contribution in [-0.4, -0.2) is 0 Å². The van der Waals surface area contributed by atoms with Crippen LogP contribution in [0.1, 0.15) is 32.1 Å². The second kappa shape index (κ2) is 2.47. The van der Waals surface area contributed by atoms with Crippen molar-refractivity contribution in [1.82, 2.24) is 0 Å². The first kappa shape index (κ1) is 7.07. The third-order valence-electron chi connectivity index (χ3n) is 2.87. The monoisotopic (exact) mass is 228 g/mol. The molecule has 0 unspecified atom stereocenters. The van der Waals surface area contributed by atoms with Gasteiger partial charge in [0.15, 0.2) is 0 Å². The molecule has 0 amide bonds. The molecule has 0 aromatic rings. The van der Waals surface area contributed by atoms with E-state index in [0.717, 1.165) is 27.8 Å². The van der Waals surface area contributed by atoms with Crippen molar-refractivity contribution in [1.29, 1.82) is 0 Å². The molecule has 1 heteroatoms. The number of hydrogen-bond donors (Lipinski definition) is 0. The summed E-state index contributed by atoms with van der Waals surface area (Å²) in [6, 6.07) is 0. The van der Waals surface area contributed by atoms with E-state index in [2.05, 4.69) is 11.1 Å². The summed E-state index contributed by atoms with van der Waals surface area (Å²) in [5.41, 5.74) is 0. The first-order valence-corrected chi connectivity index (χ1v) is 5.71. The van der Waals surface area contributed by atoms with Crippen LogP contribution < -0.4 is 0 Å². The minimum atomic E-state index is 0.792. The third kappa shape index (κ3) is 1.01. The summed E-state index contributed by atoms with van der Waals surface area (Å²) in [6.45, 7) is 3.86. The van der Waals surface area contributed by atoms with Gasteiger partial charge in [0.05, 0.1) is 0 Å². The second-order valence-electron chi connectivity index (χ2n) is 3.45. The molecule has 0 heterocycles. The summed E-state index contributed by atoms with van der Waals surface area (Å²) < 4.78 is 2.96. The molecule has 60 valence electrons. The predicted octanol–water partition coefficient (Wildman–Crippen LogP) is 2.97. The second-order valence-corrected chi connectivity index (χ2v) is 6.19. The van der Waals surface area contributed by atoms with E-state index in [1.54, 1.807) is 0 Å². The van der Waals surface area contributed by atoms with Crippen LogP contribution in [0.2, 0.25) is 3.89 Å². The van der Waals surface area contributed by atoms with Crippen molar-refractivity contribution in [3.05, 3.63) is 11.1 Å². The topological polar surface area (TPSA) is 0 Å². The summed E-state index contributed by atoms with van der Waals surface area (Å²) in [4.78, 5) is 0. The van der Waals surface area contributed by atoms with Crippen LogP contribution in [0, 0.1) is 5.92 Å². The molecule has 2 rings (SSSR count). The SMILES string of the molecule is C=[CH][Pd][C]12CCC(CC1)C2. The van der Waals surface area contributed by atoms with Gasteiger partial charge in [-0.05, 0) is 0 Å². The molecule has 0 spiro atoms. The van der Waals surface area contributed by atoms with Gasteiger partial charge < -0.3 is 0 Å². The van der Waals surface area contributed by atoms with E-state index in [9.17, 15) is 0 Å². The quantitative estimate of drug-likeness (QED) is 0.638. The summed E-state index contributed by atoms with van der Waals surface area (Å²) in [5.74, 6) is 1.11. The molecule has 2 aliphatic rings. The van der Waals surface area contributed by atoms with Gasteiger partial charge in [0.2, 0.25) is 0 Å². The fourth-order valence-corrected chi connectivity index (χ4v) is 4.55. The van der Waals surface area contributed by atoms with Crippen molar-refractivity contribution >= 4 is 0 Å². The normalized spacial score (nSPS) is 44.6. The fraction of sp³-hybridized carbons (Fsp3) is 0.778. The van der Waals surface area contributed by atoms with Crippen molar-refractivity contribution in [3.63, 3.8) is 0 Å². The zero-order valence-corrected chi connectivity index (χ0v) is 7.77. The molecule has 0 N–H and O–H groups in total. The van der Waals surface area contributed by atoms with Crippen molar-refractivity contribution in [2.45, 2.75) is 36.0 Å². The Morgan fingerprint density at radius 1 is 1.40 bits per heavy atom. The van der Waals surface area contributed by atoms with Gasteiger partial charge in [0, 0.05) is 0 Å². The molecular weight excluding hydrogens is 215 g/mol. The van der Waals surface area contributed by atoms with Gasteiger partial charge in [-0.15, -0.1) is 0 Å². The molecule has 10 heavy (non-hydrogen) atoms. The standard InChI is InChI=1S/C7H11.C2H3.Pd/c1-2-7-4-3-6(1)5-7;1-2;/h6H,1-5H2;1H,2H2;. The Kier molecular flexibility index (Phi) is 1.75. The summed E-state index contributed by atoms with van der Waals surface area (Å²) >= 11 is 0.855. The average Bonchev–Trinajstić information content (AvgIpc) is 2.46. The van der Waals surface area contributed by atoms with Crippen LogP contribution in [-0.2, 0) is 18.0 Å². The number of hydrogen-bond acceptors (Lipinski definition) is 0. The van der Waals surface area contributed by atoms with Crippen molar-refractivity contribution in [2.24, 2.45) is 5.92 Å². The first-order chi connectivity index (χ1) is 4.85. The molecule has 0 saturated heterocycles. The molecular formula is C9H14Pd. The van der Waals surface area contributed by atoms with Gasteiger partial charge in [0.1, 0.15) is 0 Å². The van der Waals surface area contributed by atoms with E-state index < -0.39 is 0 Å². The first-order valence-electron chi connectivity index (χ1n) is 4.03. The Hall–Kier alpha value is 0.402. The van der Waals surface area contributed by atoms with Crippen molar-refractivity contribution < 1.29 is 18.0 Å². The third-order valence-corrected chi connectivity index (χ3v) is 5.23. The maximum atomic E-state index is 3.86. The molecule has 0 aromatic heterocycles. The Balaban J connectivity index is 2.07. The molecule has 0 aromatic carbocycles. The molecule has 0 aliphatic heterocycles. The van der Waals surface area contributed by atoms with E-state index in [0.29, 0.717) is 0 Å². The number of fused-ring (bicyclic) bond motifs is 2. The van der Waals surface area contributed by atoms with Gasteiger partial charge in [-0.1, -0.05) is 0 Å². The van der Waals surface area contributed by atoms with Gasteiger partial charge in [-0.3, -0.25) is 0 Å². The Labute approximate surface area is 71.2 Å². The summed E-state index contributed by atoms with van der Waals surface area (Å²) in [6.07, 6.45) is 7.60. The van der Waals surface area contributed by atoms with Crippen LogP contribution in [0.4, 0.5) is 0 Å². The van der Waals surface area contributed by atoms with E-state index in [1.165, 1.54) is 32.1 Å². The van der Waals surface area contributed by atoms with Gasteiger partial charge in [-0.2, -0.15) is 0 Å². The zero-order valence-electron chi connectivity index (χ0n) is 6.21. The van der Waals surface area contributed by atoms with Gasteiger partial charge >= 0.3 is 71.0 Å². The molecule has 2 fully saturated rings. The van der Waals surface area contributed by atoms with Crippen molar-refractivity contribution in [3.8, 4) is 0 Å². The van der Waals surface area contributed by atoms with E-state index >= 15 is 0 Å². The average molecular weight is 229 g/mol. The van der Waals surface area contributed by atoms with Crippen LogP contribution in [0.15, 0.2) is 11.1 Å². The predicted molar refractivity (Wildman–Crippen MR) is 39.5 cm³/mol. The molecule has 0 atom stereocenters. The van der Waals surface area contributed by atoms with Crippen molar-refractivity contribution in [2.75, 3.05) is 0 Å². The van der Waals surface area contributed by atoms with Crippen LogP contribution >= 0.6 is 0 Å². The molecule has 2 aliphatic carbocycles. The summed E-state index contributed by atoms with van der Waals surface area (Å²) in [5, 5.41) is 0. The Morgan fingerprint density at radius 2 is 2.10 bits per heavy atom. The van der Waals surface area contributed by atoms with Crippen LogP contribution in [0.5, 0.6) is 0 Å². The minimum absolute atomic E-state index is 0.792. The molecule has 0 nitrogen and oxygen atoms in total. The van der Waals surface area contributed by atoms with Gasteiger partial charge in [0.25, 0.3) is 0 Å². The Morgan fingerprint density at radius 3 is 2.50 bits per heavy atom. The zero-order chi connectivity index (χ0) is 7.03. The molecule has 0 radical (unpaired) electrons. The molecule has 2 saturated carbocycles. The maximum absolute atomic E-state index is 3.86. The number of rotatable bonds is 2. The van der Waals surface area contributed by atoms with E-state index in [-0.39, 0.29) is 0 Å². The Bertz CT molecular complexity index is 143.